The highest BCUT2D eigenvalue weighted by Crippen LogP contribution is 2.14. The van der Waals surface area contributed by atoms with Crippen LogP contribution in [0.25, 0.3) is 0 Å². The van der Waals surface area contributed by atoms with Gasteiger partial charge >= 0.3 is 0 Å². The fraction of sp³-hybridized carbons (Fsp3) is 0.833. The minimum absolute atomic E-state index is 0.950. The van der Waals surface area contributed by atoms with Crippen molar-refractivity contribution >= 4 is 0 Å². The van der Waals surface area contributed by atoms with Gasteiger partial charge in [0.05, 0.1) is 5.69 Å². The predicted octanol–water partition coefficient (Wildman–Crippen LogP) is 4.75. The summed E-state index contributed by atoms with van der Waals surface area (Å²) in [7, 11) is 0. The van der Waals surface area contributed by atoms with Gasteiger partial charge in [0.15, 0.2) is 0 Å². The lowest BCUT2D eigenvalue weighted by molar-refractivity contribution is 0.511. The molecule has 21 heavy (non-hydrogen) atoms. The summed E-state index contributed by atoms with van der Waals surface area (Å²) in [5.41, 5.74) is 3.92. The van der Waals surface area contributed by atoms with Crippen molar-refractivity contribution in [3.63, 3.8) is 0 Å². The predicted molar refractivity (Wildman–Crippen MR) is 91.7 cm³/mol. The van der Waals surface area contributed by atoms with Crippen molar-refractivity contribution in [2.75, 3.05) is 6.54 Å². The molecular formula is C18H35N3. The molecule has 0 aliphatic rings. The normalized spacial score (nSPS) is 11.2. The molecule has 3 heteroatoms. The molecule has 0 aromatic carbocycles. The van der Waals surface area contributed by atoms with Gasteiger partial charge < -0.3 is 5.32 Å². The summed E-state index contributed by atoms with van der Waals surface area (Å²) in [5, 5.41) is 8.10. The molecule has 1 aromatic heterocycles. The molecule has 0 unspecified atom stereocenters. The van der Waals surface area contributed by atoms with E-state index in [9.17, 15) is 0 Å². The summed E-state index contributed by atoms with van der Waals surface area (Å²) >= 11 is 0. The van der Waals surface area contributed by atoms with Crippen LogP contribution in [0.2, 0.25) is 0 Å². The largest absolute Gasteiger partial charge is 0.313 e. The molecule has 0 saturated carbocycles. The third-order valence-electron chi connectivity index (χ3n) is 4.31. The van der Waals surface area contributed by atoms with Gasteiger partial charge in [0.1, 0.15) is 0 Å². The number of nitrogens with zero attached hydrogens (tertiary/aromatic N) is 2. The van der Waals surface area contributed by atoms with Crippen molar-refractivity contribution in [2.24, 2.45) is 0 Å². The molecule has 0 amide bonds. The van der Waals surface area contributed by atoms with Gasteiger partial charge in [-0.3, -0.25) is 4.68 Å². The molecule has 0 radical (unpaired) electrons. The van der Waals surface area contributed by atoms with Gasteiger partial charge in [-0.15, -0.1) is 0 Å². The molecule has 1 N–H and O–H groups in total. The van der Waals surface area contributed by atoms with Crippen LogP contribution in [0, 0.1) is 13.8 Å². The van der Waals surface area contributed by atoms with Crippen molar-refractivity contribution in [3.05, 3.63) is 17.0 Å². The van der Waals surface area contributed by atoms with Gasteiger partial charge in [0.2, 0.25) is 0 Å². The number of hydrogen-bond donors (Lipinski definition) is 1. The quantitative estimate of drug-likeness (QED) is 0.564. The third-order valence-corrected chi connectivity index (χ3v) is 4.31. The molecule has 0 aliphatic carbocycles. The van der Waals surface area contributed by atoms with Crippen LogP contribution in [0.1, 0.15) is 82.2 Å². The van der Waals surface area contributed by atoms with Gasteiger partial charge in [-0.05, 0) is 26.8 Å². The van der Waals surface area contributed by atoms with Gasteiger partial charge in [0, 0.05) is 24.3 Å². The Balaban J connectivity index is 2.23. The zero-order valence-corrected chi connectivity index (χ0v) is 14.7. The molecule has 1 rings (SSSR count). The maximum Gasteiger partial charge on any atom is 0.0641 e. The van der Waals surface area contributed by atoms with Crippen LogP contribution in [0.3, 0.4) is 0 Å². The minimum atomic E-state index is 0.950. The van der Waals surface area contributed by atoms with E-state index in [1.165, 1.54) is 68.3 Å². The third kappa shape index (κ3) is 6.64. The van der Waals surface area contributed by atoms with Crippen molar-refractivity contribution in [1.82, 2.24) is 15.1 Å². The molecule has 0 aliphatic heterocycles. The van der Waals surface area contributed by atoms with Gasteiger partial charge in [-0.2, -0.15) is 5.10 Å². The second-order valence-electron chi connectivity index (χ2n) is 6.13. The van der Waals surface area contributed by atoms with E-state index in [1.54, 1.807) is 0 Å². The second kappa shape index (κ2) is 10.8. The minimum Gasteiger partial charge on any atom is -0.313 e. The van der Waals surface area contributed by atoms with Gasteiger partial charge in [-0.1, -0.05) is 58.8 Å². The number of nitrogens with one attached hydrogen (secondary N) is 1. The van der Waals surface area contributed by atoms with Gasteiger partial charge in [-0.25, -0.2) is 0 Å². The Morgan fingerprint density at radius 1 is 0.905 bits per heavy atom. The molecule has 1 heterocycles. The topological polar surface area (TPSA) is 29.9 Å². The maximum atomic E-state index is 4.70. The Bertz CT molecular complexity index is 382. The molecule has 0 bridgehead atoms. The SMILES string of the molecule is CCCCCCCCCCn1nc(C)c(CNCC)c1C. The Morgan fingerprint density at radius 2 is 1.52 bits per heavy atom. The smallest absolute Gasteiger partial charge is 0.0641 e. The first-order chi connectivity index (χ1) is 10.2. The van der Waals surface area contributed by atoms with E-state index in [-0.39, 0.29) is 0 Å². The summed E-state index contributed by atoms with van der Waals surface area (Å²) in [6.07, 6.45) is 11.0. The summed E-state index contributed by atoms with van der Waals surface area (Å²) < 4.78 is 2.21. The Labute approximate surface area is 131 Å². The average molecular weight is 293 g/mol. The highest BCUT2D eigenvalue weighted by atomic mass is 15.3. The van der Waals surface area contributed by atoms with Crippen LogP contribution >= 0.6 is 0 Å². The Hall–Kier alpha value is -0.830. The van der Waals surface area contributed by atoms with E-state index in [1.807, 2.05) is 0 Å². The fourth-order valence-electron chi connectivity index (χ4n) is 2.85. The van der Waals surface area contributed by atoms with E-state index in [2.05, 4.69) is 37.7 Å². The lowest BCUT2D eigenvalue weighted by Crippen LogP contribution is -2.13. The van der Waals surface area contributed by atoms with E-state index < -0.39 is 0 Å². The van der Waals surface area contributed by atoms with Crippen molar-refractivity contribution in [3.8, 4) is 0 Å². The number of hydrogen-bond acceptors (Lipinski definition) is 2. The molecule has 3 nitrogen and oxygen atoms in total. The zero-order chi connectivity index (χ0) is 15.5. The zero-order valence-electron chi connectivity index (χ0n) is 14.7. The van der Waals surface area contributed by atoms with Crippen LogP contribution < -0.4 is 5.32 Å². The van der Waals surface area contributed by atoms with Crippen LogP contribution in [0.4, 0.5) is 0 Å². The van der Waals surface area contributed by atoms with E-state index in [4.69, 9.17) is 5.10 Å². The molecule has 0 saturated heterocycles. The standard InChI is InChI=1S/C18H35N3/c1-5-7-8-9-10-11-12-13-14-21-17(4)18(15-19-6-2)16(3)20-21/h19H,5-15H2,1-4H3. The number of rotatable bonds is 12. The number of unbranched alkanes of at least 4 members (excludes halogenated alkanes) is 7. The van der Waals surface area contributed by atoms with E-state index in [0.717, 1.165) is 19.6 Å². The molecule has 1 aromatic rings. The first-order valence-electron chi connectivity index (χ1n) is 8.94. The number of aromatic nitrogens is 2. The van der Waals surface area contributed by atoms with Gasteiger partial charge in [0.25, 0.3) is 0 Å². The van der Waals surface area contributed by atoms with E-state index in [0.29, 0.717) is 0 Å². The summed E-state index contributed by atoms with van der Waals surface area (Å²) in [4.78, 5) is 0. The van der Waals surface area contributed by atoms with Crippen molar-refractivity contribution < 1.29 is 0 Å². The lowest BCUT2D eigenvalue weighted by Gasteiger charge is -2.06. The average Bonchev–Trinajstić information content (AvgIpc) is 2.74. The molecular weight excluding hydrogens is 258 g/mol. The molecule has 0 spiro atoms. The Kier molecular flexibility index (Phi) is 9.40. The number of aryl methyl sites for hydroxylation is 2. The first kappa shape index (κ1) is 18.2. The molecule has 0 fully saturated rings. The van der Waals surface area contributed by atoms with Crippen molar-refractivity contribution in [2.45, 2.75) is 92.2 Å². The lowest BCUT2D eigenvalue weighted by atomic mass is 10.1. The van der Waals surface area contributed by atoms with Crippen LogP contribution in [0.15, 0.2) is 0 Å². The molecule has 122 valence electrons. The van der Waals surface area contributed by atoms with Crippen LogP contribution in [-0.4, -0.2) is 16.3 Å². The second-order valence-corrected chi connectivity index (χ2v) is 6.13. The Morgan fingerprint density at radius 3 is 2.14 bits per heavy atom. The van der Waals surface area contributed by atoms with Crippen LogP contribution in [-0.2, 0) is 13.1 Å². The maximum absolute atomic E-state index is 4.70. The highest BCUT2D eigenvalue weighted by molar-refractivity contribution is 5.24. The highest BCUT2D eigenvalue weighted by Gasteiger charge is 2.10. The summed E-state index contributed by atoms with van der Waals surface area (Å²) in [5.74, 6) is 0. The summed E-state index contributed by atoms with van der Waals surface area (Å²) in [6.45, 7) is 11.8. The monoisotopic (exact) mass is 293 g/mol. The fourth-order valence-corrected chi connectivity index (χ4v) is 2.85. The first-order valence-corrected chi connectivity index (χ1v) is 8.94. The summed E-state index contributed by atoms with van der Waals surface area (Å²) in [6, 6.07) is 0. The van der Waals surface area contributed by atoms with E-state index >= 15 is 0 Å². The van der Waals surface area contributed by atoms with Crippen molar-refractivity contribution in [1.29, 1.82) is 0 Å². The van der Waals surface area contributed by atoms with Crippen LogP contribution in [0.5, 0.6) is 0 Å². The molecule has 0 atom stereocenters.